The fourth-order valence-corrected chi connectivity index (χ4v) is 5.33. The first-order valence-electron chi connectivity index (χ1n) is 11.1. The maximum Gasteiger partial charge on any atom is 0.336 e. The molecule has 3 atom stereocenters. The molecule has 0 spiro atoms. The standard InChI is InChI=1S/C27H29NO5S/c1-15-24(27(30)33-4)25(16-6-9-19(34-5)10-7-16)26-20(28-15)12-18(13-21(26)29)17-8-11-22(31-2)23(14-17)32-3/h6-12,14,18,25-26,28H,13H2,1-5H3. The minimum Gasteiger partial charge on any atom is -0.493 e. The van der Waals surface area contributed by atoms with Crippen LogP contribution >= 0.6 is 11.8 Å². The normalized spacial score (nSPS) is 21.9. The zero-order valence-corrected chi connectivity index (χ0v) is 20.8. The summed E-state index contributed by atoms with van der Waals surface area (Å²) in [7, 11) is 4.57. The number of esters is 1. The van der Waals surface area contributed by atoms with Crippen LogP contribution in [0.1, 0.15) is 36.3 Å². The Bertz CT molecular complexity index is 1170. The highest BCUT2D eigenvalue weighted by atomic mass is 32.2. The highest BCUT2D eigenvalue weighted by molar-refractivity contribution is 7.98. The molecular formula is C27H29NO5S. The molecule has 0 fully saturated rings. The monoisotopic (exact) mass is 479 g/mol. The summed E-state index contributed by atoms with van der Waals surface area (Å²) < 4.78 is 15.9. The summed E-state index contributed by atoms with van der Waals surface area (Å²) in [6.07, 6.45) is 4.45. The van der Waals surface area contributed by atoms with E-state index >= 15 is 0 Å². The van der Waals surface area contributed by atoms with Gasteiger partial charge in [-0.25, -0.2) is 4.79 Å². The lowest BCUT2D eigenvalue weighted by Gasteiger charge is -2.39. The Balaban J connectivity index is 1.79. The Morgan fingerprint density at radius 1 is 0.971 bits per heavy atom. The maximum absolute atomic E-state index is 13.6. The van der Waals surface area contributed by atoms with Crippen LogP contribution < -0.4 is 14.8 Å². The van der Waals surface area contributed by atoms with Gasteiger partial charge < -0.3 is 19.5 Å². The van der Waals surface area contributed by atoms with Crippen LogP contribution in [0.5, 0.6) is 11.5 Å². The number of allylic oxidation sites excluding steroid dienone is 3. The van der Waals surface area contributed by atoms with Crippen LogP contribution in [-0.4, -0.2) is 39.3 Å². The summed E-state index contributed by atoms with van der Waals surface area (Å²) in [5.74, 6) is -0.0668. The zero-order chi connectivity index (χ0) is 24.4. The smallest absolute Gasteiger partial charge is 0.336 e. The largest absolute Gasteiger partial charge is 0.493 e. The van der Waals surface area contributed by atoms with Crippen molar-refractivity contribution in [2.45, 2.75) is 30.1 Å². The molecular weight excluding hydrogens is 450 g/mol. The highest BCUT2D eigenvalue weighted by Crippen LogP contribution is 2.46. The Morgan fingerprint density at radius 2 is 1.65 bits per heavy atom. The van der Waals surface area contributed by atoms with Crippen molar-refractivity contribution in [2.24, 2.45) is 5.92 Å². The van der Waals surface area contributed by atoms with Gasteiger partial charge >= 0.3 is 5.97 Å². The number of methoxy groups -OCH3 is 3. The number of rotatable bonds is 6. The lowest BCUT2D eigenvalue weighted by Crippen LogP contribution is -2.41. The number of fused-ring (bicyclic) bond motifs is 1. The Hall–Kier alpha value is -3.19. The number of ketones is 1. The van der Waals surface area contributed by atoms with E-state index in [4.69, 9.17) is 14.2 Å². The van der Waals surface area contributed by atoms with E-state index in [0.717, 1.165) is 21.7 Å². The lowest BCUT2D eigenvalue weighted by molar-refractivity contribution is -0.136. The van der Waals surface area contributed by atoms with Crippen LogP contribution in [0.2, 0.25) is 0 Å². The van der Waals surface area contributed by atoms with Crippen LogP contribution in [0.4, 0.5) is 0 Å². The molecule has 2 aliphatic rings. The third kappa shape index (κ3) is 4.32. The molecule has 1 heterocycles. The predicted octanol–water partition coefficient (Wildman–Crippen LogP) is 4.82. The van der Waals surface area contributed by atoms with Crippen LogP contribution in [0.15, 0.2) is 70.4 Å². The van der Waals surface area contributed by atoms with Gasteiger partial charge in [0.15, 0.2) is 11.5 Å². The third-order valence-corrected chi connectivity index (χ3v) is 7.32. The van der Waals surface area contributed by atoms with Gasteiger partial charge in [-0.3, -0.25) is 4.79 Å². The molecule has 34 heavy (non-hydrogen) atoms. The summed E-state index contributed by atoms with van der Waals surface area (Å²) in [5, 5.41) is 3.35. The fraction of sp³-hybridized carbons (Fsp3) is 0.333. The number of carbonyl (C=O) groups excluding carboxylic acids is 2. The molecule has 1 aliphatic carbocycles. The van der Waals surface area contributed by atoms with Gasteiger partial charge in [0.25, 0.3) is 0 Å². The molecule has 0 aromatic heterocycles. The summed E-state index contributed by atoms with van der Waals surface area (Å²) >= 11 is 1.65. The Kier molecular flexibility index (Phi) is 7.03. The topological polar surface area (TPSA) is 73.9 Å². The molecule has 4 rings (SSSR count). The van der Waals surface area contributed by atoms with Crippen molar-refractivity contribution in [3.63, 3.8) is 0 Å². The predicted molar refractivity (Wildman–Crippen MR) is 132 cm³/mol. The third-order valence-electron chi connectivity index (χ3n) is 6.58. The summed E-state index contributed by atoms with van der Waals surface area (Å²) in [6, 6.07) is 13.8. The SMILES string of the molecule is COC(=O)C1=C(C)NC2=CC(c3ccc(OC)c(OC)c3)CC(=O)C2C1c1ccc(SC)cc1. The van der Waals surface area contributed by atoms with Gasteiger partial charge in [0.1, 0.15) is 5.78 Å². The number of hydrogen-bond acceptors (Lipinski definition) is 7. The average molecular weight is 480 g/mol. The van der Waals surface area contributed by atoms with Crippen molar-refractivity contribution < 1.29 is 23.8 Å². The minimum atomic E-state index is -0.477. The second-order valence-corrected chi connectivity index (χ2v) is 9.28. The van der Waals surface area contributed by atoms with E-state index in [1.165, 1.54) is 7.11 Å². The van der Waals surface area contributed by atoms with Gasteiger partial charge in [-0.05, 0) is 48.6 Å². The lowest BCUT2D eigenvalue weighted by atomic mass is 9.68. The first kappa shape index (κ1) is 24.0. The number of nitrogens with one attached hydrogen (secondary N) is 1. The van der Waals surface area contributed by atoms with Crippen LogP contribution in [0.3, 0.4) is 0 Å². The molecule has 0 radical (unpaired) electrons. The molecule has 6 nitrogen and oxygen atoms in total. The molecule has 3 unspecified atom stereocenters. The fourth-order valence-electron chi connectivity index (χ4n) is 4.92. The van der Waals surface area contributed by atoms with E-state index in [1.54, 1.807) is 26.0 Å². The average Bonchev–Trinajstić information content (AvgIpc) is 2.86. The van der Waals surface area contributed by atoms with Gasteiger partial charge in [-0.1, -0.05) is 24.3 Å². The molecule has 7 heteroatoms. The number of Topliss-reactive ketones (excluding diaryl/α,β-unsaturated/α-hetero) is 1. The minimum absolute atomic E-state index is 0.0811. The van der Waals surface area contributed by atoms with Crippen LogP contribution in [-0.2, 0) is 14.3 Å². The van der Waals surface area contributed by atoms with E-state index in [1.807, 2.05) is 55.6 Å². The summed E-state index contributed by atoms with van der Waals surface area (Å²) in [4.78, 5) is 27.6. The molecule has 0 saturated heterocycles. The van der Waals surface area contributed by atoms with Crippen LogP contribution in [0.25, 0.3) is 0 Å². The number of thioether (sulfide) groups is 1. The number of benzene rings is 2. The first-order valence-corrected chi connectivity index (χ1v) is 12.3. The van der Waals surface area contributed by atoms with Gasteiger partial charge in [0, 0.05) is 34.5 Å². The van der Waals surface area contributed by atoms with Crippen molar-refractivity contribution in [3.8, 4) is 11.5 Å². The molecule has 2 aromatic rings. The highest BCUT2D eigenvalue weighted by Gasteiger charge is 2.44. The first-order chi connectivity index (χ1) is 16.4. The molecule has 2 aromatic carbocycles. The summed E-state index contributed by atoms with van der Waals surface area (Å²) in [5.41, 5.74) is 3.92. The van der Waals surface area contributed by atoms with E-state index in [0.29, 0.717) is 29.2 Å². The Labute approximate surface area is 204 Å². The molecule has 1 aliphatic heterocycles. The van der Waals surface area contributed by atoms with Crippen molar-refractivity contribution in [1.29, 1.82) is 0 Å². The van der Waals surface area contributed by atoms with Crippen LogP contribution in [0, 0.1) is 5.92 Å². The molecule has 0 amide bonds. The van der Waals surface area contributed by atoms with Crippen molar-refractivity contribution in [1.82, 2.24) is 5.32 Å². The van der Waals surface area contributed by atoms with Crippen molar-refractivity contribution >= 4 is 23.5 Å². The molecule has 1 N–H and O–H groups in total. The summed E-state index contributed by atoms with van der Waals surface area (Å²) in [6.45, 7) is 1.86. The molecule has 0 bridgehead atoms. The van der Waals surface area contributed by atoms with Crippen molar-refractivity contribution in [3.05, 3.63) is 76.6 Å². The quantitative estimate of drug-likeness (QED) is 0.470. The van der Waals surface area contributed by atoms with Gasteiger partial charge in [-0.2, -0.15) is 0 Å². The molecule has 178 valence electrons. The van der Waals surface area contributed by atoms with Crippen molar-refractivity contribution in [2.75, 3.05) is 27.6 Å². The number of hydrogen-bond donors (Lipinski definition) is 1. The second kappa shape index (κ2) is 9.97. The zero-order valence-electron chi connectivity index (χ0n) is 20.0. The second-order valence-electron chi connectivity index (χ2n) is 8.40. The number of carbonyl (C=O) groups is 2. The van der Waals surface area contributed by atoms with E-state index < -0.39 is 17.8 Å². The van der Waals surface area contributed by atoms with E-state index in [2.05, 4.69) is 11.4 Å². The van der Waals surface area contributed by atoms with E-state index in [9.17, 15) is 9.59 Å². The van der Waals surface area contributed by atoms with Gasteiger partial charge in [0.2, 0.25) is 0 Å². The molecule has 0 saturated carbocycles. The van der Waals surface area contributed by atoms with E-state index in [-0.39, 0.29) is 11.7 Å². The van der Waals surface area contributed by atoms with Gasteiger partial charge in [0.05, 0.1) is 32.8 Å². The van der Waals surface area contributed by atoms with Gasteiger partial charge in [-0.15, -0.1) is 11.8 Å². The Morgan fingerprint density at radius 3 is 2.26 bits per heavy atom. The maximum atomic E-state index is 13.6. The number of ether oxygens (including phenoxy) is 3.